The Morgan fingerprint density at radius 1 is 1.50 bits per heavy atom. The van der Waals surface area contributed by atoms with E-state index in [4.69, 9.17) is 0 Å². The molecular weight excluding hydrogens is 202 g/mol. The summed E-state index contributed by atoms with van der Waals surface area (Å²) in [5, 5.41) is 3.05. The molecule has 5 nitrogen and oxygen atoms in total. The highest BCUT2D eigenvalue weighted by Gasteiger charge is 2.31. The quantitative estimate of drug-likeness (QED) is 0.721. The highest BCUT2D eigenvalue weighted by molar-refractivity contribution is 7.89. The van der Waals surface area contributed by atoms with Gasteiger partial charge in [-0.2, -0.15) is 4.31 Å². The Morgan fingerprint density at radius 3 is 2.64 bits per heavy atom. The van der Waals surface area contributed by atoms with Crippen molar-refractivity contribution in [3.63, 3.8) is 0 Å². The standard InChI is InChI=1S/C8H13N3O2S/c1-11(7-4-10-5-7)14(12,13)8-2-3-9-6-8/h2-3,6-7,9-10H,4-5H2,1H3. The zero-order valence-corrected chi connectivity index (χ0v) is 8.71. The van der Waals surface area contributed by atoms with Gasteiger partial charge in [-0.25, -0.2) is 8.42 Å². The maximum Gasteiger partial charge on any atom is 0.244 e. The van der Waals surface area contributed by atoms with E-state index in [0.717, 1.165) is 13.1 Å². The summed E-state index contributed by atoms with van der Waals surface area (Å²) in [5.74, 6) is 0. The molecule has 78 valence electrons. The van der Waals surface area contributed by atoms with Gasteiger partial charge in [0.1, 0.15) is 0 Å². The van der Waals surface area contributed by atoms with Crippen molar-refractivity contribution in [1.82, 2.24) is 14.6 Å². The number of rotatable bonds is 3. The molecule has 14 heavy (non-hydrogen) atoms. The molecule has 2 heterocycles. The van der Waals surface area contributed by atoms with Gasteiger partial charge in [0.25, 0.3) is 0 Å². The van der Waals surface area contributed by atoms with Crippen LogP contribution in [0.5, 0.6) is 0 Å². The zero-order chi connectivity index (χ0) is 10.2. The van der Waals surface area contributed by atoms with Gasteiger partial charge in [0.05, 0.1) is 4.90 Å². The van der Waals surface area contributed by atoms with Gasteiger partial charge in [0.2, 0.25) is 10.0 Å². The van der Waals surface area contributed by atoms with Crippen molar-refractivity contribution in [2.75, 3.05) is 20.1 Å². The lowest BCUT2D eigenvalue weighted by atomic mass is 10.2. The number of aromatic nitrogens is 1. The average molecular weight is 215 g/mol. The van der Waals surface area contributed by atoms with Gasteiger partial charge in [-0.1, -0.05) is 0 Å². The van der Waals surface area contributed by atoms with E-state index in [2.05, 4.69) is 10.3 Å². The Balaban J connectivity index is 2.23. The first kappa shape index (κ1) is 9.70. The number of hydrogen-bond acceptors (Lipinski definition) is 3. The molecule has 6 heteroatoms. The minimum Gasteiger partial charge on any atom is -0.366 e. The predicted octanol–water partition coefficient (Wildman–Crippen LogP) is -0.393. The van der Waals surface area contributed by atoms with Crippen molar-refractivity contribution in [1.29, 1.82) is 0 Å². The van der Waals surface area contributed by atoms with Crippen molar-refractivity contribution < 1.29 is 8.42 Å². The first-order chi connectivity index (χ1) is 6.62. The summed E-state index contributed by atoms with van der Waals surface area (Å²) in [6, 6.07) is 1.66. The van der Waals surface area contributed by atoms with Crippen LogP contribution in [0.25, 0.3) is 0 Å². The number of H-pyrrole nitrogens is 1. The smallest absolute Gasteiger partial charge is 0.244 e. The molecule has 0 spiro atoms. The second-order valence-electron chi connectivity index (χ2n) is 3.38. The van der Waals surface area contributed by atoms with Crippen LogP contribution in [0.3, 0.4) is 0 Å². The molecule has 0 saturated carbocycles. The predicted molar refractivity (Wildman–Crippen MR) is 52.4 cm³/mol. The molecule has 0 atom stereocenters. The largest absolute Gasteiger partial charge is 0.366 e. The van der Waals surface area contributed by atoms with Gasteiger partial charge in [-0.05, 0) is 6.07 Å². The molecule has 2 rings (SSSR count). The zero-order valence-electron chi connectivity index (χ0n) is 7.90. The first-order valence-electron chi connectivity index (χ1n) is 4.44. The summed E-state index contributed by atoms with van der Waals surface area (Å²) in [7, 11) is -1.67. The number of aromatic amines is 1. The Kier molecular flexibility index (Phi) is 2.34. The van der Waals surface area contributed by atoms with Gasteiger partial charge >= 0.3 is 0 Å². The minimum absolute atomic E-state index is 0.0925. The monoisotopic (exact) mass is 215 g/mol. The summed E-state index contributed by atoms with van der Waals surface area (Å²) in [4.78, 5) is 3.07. The normalized spacial score (nSPS) is 18.4. The highest BCUT2D eigenvalue weighted by atomic mass is 32.2. The van der Waals surface area contributed by atoms with Crippen molar-refractivity contribution in [3.8, 4) is 0 Å². The minimum atomic E-state index is -3.29. The molecule has 0 aliphatic carbocycles. The summed E-state index contributed by atoms with van der Waals surface area (Å²) in [6.45, 7) is 1.47. The molecule has 1 fully saturated rings. The van der Waals surface area contributed by atoms with Crippen molar-refractivity contribution in [2.45, 2.75) is 10.9 Å². The Labute approximate surface area is 83.2 Å². The van der Waals surface area contributed by atoms with E-state index >= 15 is 0 Å². The third-order valence-electron chi connectivity index (χ3n) is 2.52. The molecule has 1 aliphatic rings. The Hall–Kier alpha value is -0.850. The topological polar surface area (TPSA) is 65.2 Å². The number of hydrogen-bond donors (Lipinski definition) is 2. The summed E-state index contributed by atoms with van der Waals surface area (Å²) in [5.41, 5.74) is 0. The maximum absolute atomic E-state index is 11.9. The van der Waals surface area contributed by atoms with Crippen LogP contribution in [0.2, 0.25) is 0 Å². The van der Waals surface area contributed by atoms with E-state index in [1.807, 2.05) is 0 Å². The molecular formula is C8H13N3O2S. The third-order valence-corrected chi connectivity index (χ3v) is 4.43. The maximum atomic E-state index is 11.9. The van der Waals surface area contributed by atoms with E-state index in [9.17, 15) is 8.42 Å². The summed E-state index contributed by atoms with van der Waals surface area (Å²) in [6.07, 6.45) is 3.11. The van der Waals surface area contributed by atoms with Gasteiger partial charge in [-0.15, -0.1) is 0 Å². The molecule has 1 aromatic rings. The van der Waals surface area contributed by atoms with Crippen molar-refractivity contribution >= 4 is 10.0 Å². The van der Waals surface area contributed by atoms with Gasteiger partial charge in [0.15, 0.2) is 0 Å². The van der Waals surface area contributed by atoms with E-state index < -0.39 is 10.0 Å². The van der Waals surface area contributed by atoms with E-state index in [0.29, 0.717) is 4.90 Å². The average Bonchev–Trinajstić information content (AvgIpc) is 2.52. The molecule has 0 amide bonds. The molecule has 0 bridgehead atoms. The van der Waals surface area contributed by atoms with E-state index in [-0.39, 0.29) is 6.04 Å². The first-order valence-corrected chi connectivity index (χ1v) is 5.88. The fraction of sp³-hybridized carbons (Fsp3) is 0.500. The second-order valence-corrected chi connectivity index (χ2v) is 5.38. The lowest BCUT2D eigenvalue weighted by molar-refractivity contribution is 0.274. The van der Waals surface area contributed by atoms with E-state index in [1.54, 1.807) is 19.3 Å². The molecule has 1 saturated heterocycles. The van der Waals surface area contributed by atoms with Crippen LogP contribution in [0.1, 0.15) is 0 Å². The molecule has 0 aromatic carbocycles. The number of nitrogens with zero attached hydrogens (tertiary/aromatic N) is 1. The summed E-state index contributed by atoms with van der Waals surface area (Å²) < 4.78 is 25.2. The van der Waals surface area contributed by atoms with Crippen LogP contribution in [0.4, 0.5) is 0 Å². The lowest BCUT2D eigenvalue weighted by Crippen LogP contribution is -2.57. The van der Waals surface area contributed by atoms with E-state index in [1.165, 1.54) is 10.5 Å². The molecule has 0 radical (unpaired) electrons. The fourth-order valence-electron chi connectivity index (χ4n) is 1.36. The highest BCUT2D eigenvalue weighted by Crippen LogP contribution is 2.16. The molecule has 1 aromatic heterocycles. The van der Waals surface area contributed by atoms with Crippen LogP contribution in [-0.4, -0.2) is 43.9 Å². The van der Waals surface area contributed by atoms with Gasteiger partial charge in [-0.3, -0.25) is 0 Å². The van der Waals surface area contributed by atoms with Crippen LogP contribution in [-0.2, 0) is 10.0 Å². The molecule has 1 aliphatic heterocycles. The molecule has 0 unspecified atom stereocenters. The Morgan fingerprint density at radius 2 is 2.21 bits per heavy atom. The van der Waals surface area contributed by atoms with Gasteiger partial charge in [0, 0.05) is 38.6 Å². The van der Waals surface area contributed by atoms with Crippen LogP contribution in [0, 0.1) is 0 Å². The van der Waals surface area contributed by atoms with Crippen molar-refractivity contribution in [3.05, 3.63) is 18.5 Å². The van der Waals surface area contributed by atoms with Crippen LogP contribution in [0.15, 0.2) is 23.4 Å². The number of sulfonamides is 1. The van der Waals surface area contributed by atoms with Crippen LogP contribution < -0.4 is 5.32 Å². The van der Waals surface area contributed by atoms with Crippen molar-refractivity contribution in [2.24, 2.45) is 0 Å². The third kappa shape index (κ3) is 1.45. The van der Waals surface area contributed by atoms with Gasteiger partial charge < -0.3 is 10.3 Å². The second kappa shape index (κ2) is 3.38. The fourth-order valence-corrected chi connectivity index (χ4v) is 2.69. The summed E-state index contributed by atoms with van der Waals surface area (Å²) >= 11 is 0. The Bertz CT molecular complexity index is 394. The number of nitrogens with one attached hydrogen (secondary N) is 2. The van der Waals surface area contributed by atoms with Crippen LogP contribution >= 0.6 is 0 Å². The SMILES string of the molecule is CN(C1CNC1)S(=O)(=O)c1cc[nH]c1. The lowest BCUT2D eigenvalue weighted by Gasteiger charge is -2.34. The number of likely N-dealkylation sites (N-methyl/N-ethyl adjacent to an activating group) is 1. The molecule has 2 N–H and O–H groups in total.